The highest BCUT2D eigenvalue weighted by Gasteiger charge is 2.06. The second-order valence-electron chi connectivity index (χ2n) is 3.34. The number of ether oxygens (including phenoxy) is 1. The second-order valence-corrected chi connectivity index (χ2v) is 3.34. The van der Waals surface area contributed by atoms with Crippen molar-refractivity contribution in [2.24, 2.45) is 0 Å². The molecule has 0 amide bonds. The van der Waals surface area contributed by atoms with Crippen molar-refractivity contribution in [1.29, 1.82) is 0 Å². The van der Waals surface area contributed by atoms with Crippen LogP contribution < -0.4 is 4.74 Å². The molecule has 0 atom stereocenters. The van der Waals surface area contributed by atoms with Crippen LogP contribution in [0.2, 0.25) is 0 Å². The lowest BCUT2D eigenvalue weighted by Gasteiger charge is -2.06. The number of hydrogen-bond donors (Lipinski definition) is 0. The Balaban J connectivity index is 2.60. The minimum absolute atomic E-state index is 0.595. The Labute approximate surface area is 94.8 Å². The maximum absolute atomic E-state index is 5.47. The molecule has 0 saturated heterocycles. The van der Waals surface area contributed by atoms with E-state index >= 15 is 0 Å². The van der Waals surface area contributed by atoms with Crippen LogP contribution in [-0.4, -0.2) is 16.6 Å². The molecule has 0 aliphatic rings. The fourth-order valence-electron chi connectivity index (χ4n) is 1.51. The summed E-state index contributed by atoms with van der Waals surface area (Å²) in [5.74, 6) is 0.597. The Kier molecular flexibility index (Phi) is 3.15. The molecular weight excluding hydrogens is 200 g/mol. The van der Waals surface area contributed by atoms with E-state index in [1.54, 1.807) is 0 Å². The van der Waals surface area contributed by atoms with Crippen LogP contribution in [-0.2, 0) is 0 Å². The number of fused-ring (bicyclic) bond motifs is 1. The van der Waals surface area contributed by atoms with Crippen LogP contribution in [0, 0.1) is 0 Å². The van der Waals surface area contributed by atoms with E-state index in [0.29, 0.717) is 12.5 Å². The van der Waals surface area contributed by atoms with Gasteiger partial charge in [0.2, 0.25) is 5.88 Å². The molecule has 0 unspecified atom stereocenters. The number of benzene rings is 1. The van der Waals surface area contributed by atoms with Crippen LogP contribution in [0.1, 0.15) is 19.5 Å². The maximum Gasteiger partial charge on any atom is 0.240 e. The van der Waals surface area contributed by atoms with E-state index in [1.165, 1.54) is 0 Å². The monoisotopic (exact) mass is 214 g/mol. The molecule has 0 spiro atoms. The van der Waals surface area contributed by atoms with E-state index in [9.17, 15) is 0 Å². The lowest BCUT2D eigenvalue weighted by Crippen LogP contribution is -1.99. The molecule has 3 nitrogen and oxygen atoms in total. The highest BCUT2D eigenvalue weighted by Crippen LogP contribution is 2.19. The van der Waals surface area contributed by atoms with Gasteiger partial charge in [0, 0.05) is 0 Å². The summed E-state index contributed by atoms with van der Waals surface area (Å²) in [6.45, 7) is 4.49. The van der Waals surface area contributed by atoms with Crippen LogP contribution in [0.4, 0.5) is 0 Å². The van der Waals surface area contributed by atoms with Crippen LogP contribution in [0.3, 0.4) is 0 Å². The molecule has 0 radical (unpaired) electrons. The van der Waals surface area contributed by atoms with Crippen LogP contribution in [0.25, 0.3) is 17.1 Å². The fourth-order valence-corrected chi connectivity index (χ4v) is 1.51. The van der Waals surface area contributed by atoms with Gasteiger partial charge in [-0.25, -0.2) is 9.97 Å². The lowest BCUT2D eigenvalue weighted by molar-refractivity contribution is 0.326. The molecule has 16 heavy (non-hydrogen) atoms. The summed E-state index contributed by atoms with van der Waals surface area (Å²) >= 11 is 0. The third kappa shape index (κ3) is 2.03. The molecule has 82 valence electrons. The third-order valence-electron chi connectivity index (χ3n) is 2.17. The third-order valence-corrected chi connectivity index (χ3v) is 2.17. The predicted molar refractivity (Wildman–Crippen MR) is 65.4 cm³/mol. The summed E-state index contributed by atoms with van der Waals surface area (Å²) in [5.41, 5.74) is 2.53. The van der Waals surface area contributed by atoms with E-state index in [-0.39, 0.29) is 0 Å². The average molecular weight is 214 g/mol. The minimum atomic E-state index is 0.595. The SMILES string of the molecule is C/C=C/c1nc2ccccc2nc1OCC. The van der Waals surface area contributed by atoms with Gasteiger partial charge < -0.3 is 4.74 Å². The fraction of sp³-hybridized carbons (Fsp3) is 0.231. The van der Waals surface area contributed by atoms with Gasteiger partial charge in [-0.15, -0.1) is 0 Å². The van der Waals surface area contributed by atoms with Gasteiger partial charge in [0.05, 0.1) is 17.6 Å². The minimum Gasteiger partial charge on any atom is -0.476 e. The predicted octanol–water partition coefficient (Wildman–Crippen LogP) is 3.06. The van der Waals surface area contributed by atoms with Crippen LogP contribution in [0.15, 0.2) is 30.3 Å². The van der Waals surface area contributed by atoms with Crippen molar-refractivity contribution in [2.45, 2.75) is 13.8 Å². The van der Waals surface area contributed by atoms with Gasteiger partial charge >= 0.3 is 0 Å². The average Bonchev–Trinajstić information content (AvgIpc) is 2.30. The largest absolute Gasteiger partial charge is 0.476 e. The van der Waals surface area contributed by atoms with Crippen molar-refractivity contribution < 1.29 is 4.74 Å². The Bertz CT molecular complexity index is 520. The van der Waals surface area contributed by atoms with Crippen molar-refractivity contribution in [3.63, 3.8) is 0 Å². The first-order valence-corrected chi connectivity index (χ1v) is 5.37. The van der Waals surface area contributed by atoms with E-state index in [4.69, 9.17) is 4.74 Å². The highest BCUT2D eigenvalue weighted by molar-refractivity contribution is 5.76. The normalized spacial score (nSPS) is 11.1. The number of nitrogens with zero attached hydrogens (tertiary/aromatic N) is 2. The molecule has 3 heteroatoms. The zero-order valence-electron chi connectivity index (χ0n) is 9.47. The van der Waals surface area contributed by atoms with Gasteiger partial charge in [0.25, 0.3) is 0 Å². The molecule has 0 aliphatic carbocycles. The number of aromatic nitrogens is 2. The van der Waals surface area contributed by atoms with E-state index < -0.39 is 0 Å². The summed E-state index contributed by atoms with van der Waals surface area (Å²) in [7, 11) is 0. The zero-order chi connectivity index (χ0) is 11.4. The summed E-state index contributed by atoms with van der Waals surface area (Å²) < 4.78 is 5.47. The second kappa shape index (κ2) is 4.75. The lowest BCUT2D eigenvalue weighted by atomic mass is 10.3. The molecule has 0 saturated carbocycles. The van der Waals surface area contributed by atoms with E-state index in [2.05, 4.69) is 9.97 Å². The van der Waals surface area contributed by atoms with Crippen molar-refractivity contribution >= 4 is 17.1 Å². The first kappa shape index (κ1) is 10.6. The molecular formula is C13H14N2O. The van der Waals surface area contributed by atoms with Gasteiger partial charge in [-0.3, -0.25) is 0 Å². The summed E-state index contributed by atoms with van der Waals surface area (Å²) in [6.07, 6.45) is 3.84. The summed E-state index contributed by atoms with van der Waals surface area (Å²) in [5, 5.41) is 0. The highest BCUT2D eigenvalue weighted by atomic mass is 16.5. The molecule has 1 heterocycles. The standard InChI is InChI=1S/C13H14N2O/c1-3-7-12-13(16-4-2)15-11-9-6-5-8-10(11)14-12/h3,5-9H,4H2,1-2H3/b7-3+. The summed E-state index contributed by atoms with van der Waals surface area (Å²) in [4.78, 5) is 8.96. The molecule has 1 aromatic carbocycles. The van der Waals surface area contributed by atoms with Crippen molar-refractivity contribution in [2.75, 3.05) is 6.61 Å². The Morgan fingerprint density at radius 2 is 1.88 bits per heavy atom. The first-order chi connectivity index (χ1) is 7.85. The van der Waals surface area contributed by atoms with Crippen molar-refractivity contribution in [1.82, 2.24) is 9.97 Å². The first-order valence-electron chi connectivity index (χ1n) is 5.37. The Morgan fingerprint density at radius 3 is 2.50 bits per heavy atom. The van der Waals surface area contributed by atoms with Gasteiger partial charge in [0.1, 0.15) is 5.69 Å². The molecule has 2 aromatic rings. The Hall–Kier alpha value is -1.90. The van der Waals surface area contributed by atoms with E-state index in [1.807, 2.05) is 50.3 Å². The Morgan fingerprint density at radius 1 is 1.19 bits per heavy atom. The summed E-state index contributed by atoms with van der Waals surface area (Å²) in [6, 6.07) is 7.79. The van der Waals surface area contributed by atoms with Crippen LogP contribution in [0.5, 0.6) is 5.88 Å². The molecule has 1 aromatic heterocycles. The van der Waals surface area contributed by atoms with Crippen LogP contribution >= 0.6 is 0 Å². The molecule has 0 N–H and O–H groups in total. The van der Waals surface area contributed by atoms with Crippen molar-refractivity contribution in [3.05, 3.63) is 36.0 Å². The van der Waals surface area contributed by atoms with E-state index in [0.717, 1.165) is 16.7 Å². The molecule has 0 fully saturated rings. The van der Waals surface area contributed by atoms with Gasteiger partial charge in [0.15, 0.2) is 0 Å². The molecule has 0 bridgehead atoms. The topological polar surface area (TPSA) is 35.0 Å². The van der Waals surface area contributed by atoms with Crippen molar-refractivity contribution in [3.8, 4) is 5.88 Å². The molecule has 0 aliphatic heterocycles. The quantitative estimate of drug-likeness (QED) is 0.787. The number of hydrogen-bond acceptors (Lipinski definition) is 3. The van der Waals surface area contributed by atoms with Gasteiger partial charge in [-0.2, -0.15) is 0 Å². The van der Waals surface area contributed by atoms with Gasteiger partial charge in [-0.1, -0.05) is 18.2 Å². The maximum atomic E-state index is 5.47. The number of allylic oxidation sites excluding steroid dienone is 1. The number of para-hydroxylation sites is 2. The van der Waals surface area contributed by atoms with Gasteiger partial charge in [-0.05, 0) is 32.1 Å². The zero-order valence-corrected chi connectivity index (χ0v) is 9.47. The molecule has 2 rings (SSSR count). The number of rotatable bonds is 3. The smallest absolute Gasteiger partial charge is 0.240 e.